The van der Waals surface area contributed by atoms with Crippen LogP contribution in [0.3, 0.4) is 0 Å². The van der Waals surface area contributed by atoms with Gasteiger partial charge in [-0.2, -0.15) is 10.2 Å². The van der Waals surface area contributed by atoms with Crippen molar-refractivity contribution in [2.24, 2.45) is 0 Å². The monoisotopic (exact) mass is 453 g/mol. The van der Waals surface area contributed by atoms with Crippen LogP contribution in [0.5, 0.6) is 0 Å². The zero-order chi connectivity index (χ0) is 23.7. The van der Waals surface area contributed by atoms with Gasteiger partial charge in [-0.05, 0) is 48.4 Å². The zero-order valence-electron chi connectivity index (χ0n) is 18.2. The van der Waals surface area contributed by atoms with Crippen LogP contribution in [-0.2, 0) is 0 Å². The predicted octanol–water partition coefficient (Wildman–Crippen LogP) is 5.09. The van der Waals surface area contributed by atoms with Crippen molar-refractivity contribution in [1.29, 1.82) is 0 Å². The van der Waals surface area contributed by atoms with Crippen molar-refractivity contribution in [3.63, 3.8) is 0 Å². The van der Waals surface area contributed by atoms with Gasteiger partial charge in [0.15, 0.2) is 5.69 Å². The van der Waals surface area contributed by atoms with Gasteiger partial charge in [-0.15, -0.1) is 0 Å². The molecule has 1 amide bonds. The molecule has 0 saturated heterocycles. The fourth-order valence-electron chi connectivity index (χ4n) is 3.86. The molecule has 3 N–H and O–H groups in total. The van der Waals surface area contributed by atoms with Crippen molar-refractivity contribution in [2.45, 2.75) is 6.92 Å². The highest BCUT2D eigenvalue weighted by molar-refractivity contribution is 6.11. The summed E-state index contributed by atoms with van der Waals surface area (Å²) < 4.78 is 12.8. The van der Waals surface area contributed by atoms with Crippen molar-refractivity contribution in [3.8, 4) is 11.3 Å². The van der Waals surface area contributed by atoms with Gasteiger partial charge < -0.3 is 5.32 Å². The summed E-state index contributed by atoms with van der Waals surface area (Å²) in [6, 6.07) is 19.9. The van der Waals surface area contributed by atoms with E-state index in [0.717, 1.165) is 16.5 Å². The van der Waals surface area contributed by atoms with E-state index in [2.05, 4.69) is 25.7 Å². The summed E-state index contributed by atoms with van der Waals surface area (Å²) in [5.74, 6) is -0.352. The SMILES string of the molecule is CC(=Cc1ccc2c(C(=O)Nc3ccc(-c4n[nH]c(=O)c5ccccc45)cc3)n[nH]c2c1)CF. The van der Waals surface area contributed by atoms with E-state index in [9.17, 15) is 14.0 Å². The highest BCUT2D eigenvalue weighted by atomic mass is 19.1. The largest absolute Gasteiger partial charge is 0.321 e. The van der Waals surface area contributed by atoms with Crippen LogP contribution in [-0.4, -0.2) is 33.0 Å². The lowest BCUT2D eigenvalue weighted by molar-refractivity contribution is 0.102. The number of alkyl halides is 1. The van der Waals surface area contributed by atoms with Gasteiger partial charge in [0, 0.05) is 22.0 Å². The Morgan fingerprint density at radius 2 is 1.74 bits per heavy atom. The number of hydrogen-bond acceptors (Lipinski definition) is 4. The van der Waals surface area contributed by atoms with E-state index in [1.807, 2.05) is 36.4 Å². The normalized spacial score (nSPS) is 11.8. The number of anilines is 1. The first-order valence-electron chi connectivity index (χ1n) is 10.6. The summed E-state index contributed by atoms with van der Waals surface area (Å²) in [5, 5.41) is 18.6. The summed E-state index contributed by atoms with van der Waals surface area (Å²) in [6.45, 7) is 1.21. The van der Waals surface area contributed by atoms with Crippen LogP contribution in [0.4, 0.5) is 10.1 Å². The molecule has 0 saturated carbocycles. The predicted molar refractivity (Wildman–Crippen MR) is 131 cm³/mol. The minimum atomic E-state index is -0.512. The Hall–Kier alpha value is -4.59. The lowest BCUT2D eigenvalue weighted by Crippen LogP contribution is -2.12. The average molecular weight is 453 g/mol. The van der Waals surface area contributed by atoms with Gasteiger partial charge >= 0.3 is 0 Å². The fraction of sp³-hybridized carbons (Fsp3) is 0.0769. The summed E-state index contributed by atoms with van der Waals surface area (Å²) >= 11 is 0. The molecule has 0 bridgehead atoms. The minimum Gasteiger partial charge on any atom is -0.321 e. The zero-order valence-corrected chi connectivity index (χ0v) is 18.2. The molecule has 0 aliphatic carbocycles. The molecule has 168 valence electrons. The van der Waals surface area contributed by atoms with E-state index in [4.69, 9.17) is 0 Å². The van der Waals surface area contributed by atoms with Crippen molar-refractivity contribution < 1.29 is 9.18 Å². The number of allylic oxidation sites excluding steroid dienone is 1. The van der Waals surface area contributed by atoms with Crippen LogP contribution in [0, 0.1) is 0 Å². The maximum absolute atomic E-state index is 12.9. The Morgan fingerprint density at radius 3 is 2.50 bits per heavy atom. The van der Waals surface area contributed by atoms with E-state index < -0.39 is 6.67 Å². The van der Waals surface area contributed by atoms with Crippen molar-refractivity contribution in [3.05, 3.63) is 93.9 Å². The summed E-state index contributed by atoms with van der Waals surface area (Å²) in [5.41, 5.74) is 4.22. The van der Waals surface area contributed by atoms with E-state index in [-0.39, 0.29) is 17.2 Å². The standard InChI is InChI=1S/C26H20FN5O2/c1-15(14-27)12-16-6-11-21-22(13-16)29-31-24(21)26(34)28-18-9-7-17(8-10-18)23-19-4-2-3-5-20(19)25(33)32-30-23/h2-13H,14H2,1H3,(H,28,34)(H,29,31)(H,32,33). The molecule has 2 aromatic heterocycles. The number of aromatic amines is 2. The lowest BCUT2D eigenvalue weighted by Gasteiger charge is -2.07. The molecule has 8 heteroatoms. The van der Waals surface area contributed by atoms with Crippen molar-refractivity contribution >= 4 is 39.3 Å². The third-order valence-electron chi connectivity index (χ3n) is 5.54. The molecule has 2 heterocycles. The molecule has 0 atom stereocenters. The molecule has 7 nitrogen and oxygen atoms in total. The lowest BCUT2D eigenvalue weighted by atomic mass is 10.0. The van der Waals surface area contributed by atoms with Crippen molar-refractivity contribution in [2.75, 3.05) is 12.0 Å². The van der Waals surface area contributed by atoms with Gasteiger partial charge in [0.05, 0.1) is 16.6 Å². The topological polar surface area (TPSA) is 104 Å². The number of rotatable bonds is 5. The number of halogens is 1. The Morgan fingerprint density at radius 1 is 0.971 bits per heavy atom. The van der Waals surface area contributed by atoms with Gasteiger partial charge in [-0.25, -0.2) is 9.49 Å². The number of benzene rings is 3. The second-order valence-corrected chi connectivity index (χ2v) is 7.98. The van der Waals surface area contributed by atoms with Crippen LogP contribution in [0.2, 0.25) is 0 Å². The van der Waals surface area contributed by atoms with E-state index in [0.29, 0.717) is 33.2 Å². The number of nitrogens with zero attached hydrogens (tertiary/aromatic N) is 2. The van der Waals surface area contributed by atoms with E-state index in [1.54, 1.807) is 43.3 Å². The molecule has 0 spiro atoms. The van der Waals surface area contributed by atoms with Gasteiger partial charge in [0.1, 0.15) is 6.67 Å². The Bertz CT molecular complexity index is 1620. The molecule has 0 fully saturated rings. The number of carbonyl (C=O) groups excluding carboxylic acids is 1. The number of fused-ring (bicyclic) bond motifs is 2. The Balaban J connectivity index is 1.39. The maximum Gasteiger partial charge on any atom is 0.276 e. The Labute approximate surface area is 193 Å². The van der Waals surface area contributed by atoms with Gasteiger partial charge in [0.2, 0.25) is 0 Å². The van der Waals surface area contributed by atoms with Gasteiger partial charge in [-0.1, -0.05) is 42.5 Å². The fourth-order valence-corrected chi connectivity index (χ4v) is 3.86. The molecule has 0 aliphatic heterocycles. The molecule has 34 heavy (non-hydrogen) atoms. The molecule has 3 aromatic carbocycles. The number of carbonyl (C=O) groups is 1. The van der Waals surface area contributed by atoms with E-state index >= 15 is 0 Å². The highest BCUT2D eigenvalue weighted by Crippen LogP contribution is 2.26. The van der Waals surface area contributed by atoms with Crippen LogP contribution in [0.25, 0.3) is 39.0 Å². The molecular formula is C26H20FN5O2. The number of nitrogens with one attached hydrogen (secondary N) is 3. The molecule has 0 radical (unpaired) electrons. The first-order valence-corrected chi connectivity index (χ1v) is 10.6. The maximum atomic E-state index is 12.9. The number of H-pyrrole nitrogens is 2. The summed E-state index contributed by atoms with van der Waals surface area (Å²) in [7, 11) is 0. The summed E-state index contributed by atoms with van der Waals surface area (Å²) in [4.78, 5) is 24.9. The second-order valence-electron chi connectivity index (χ2n) is 7.98. The molecular weight excluding hydrogens is 433 g/mol. The third-order valence-corrected chi connectivity index (χ3v) is 5.54. The minimum absolute atomic E-state index is 0.241. The second kappa shape index (κ2) is 8.74. The van der Waals surface area contributed by atoms with Gasteiger partial charge in [0.25, 0.3) is 11.5 Å². The molecule has 5 aromatic rings. The first-order chi connectivity index (χ1) is 16.5. The third kappa shape index (κ3) is 3.97. The Kier molecular flexibility index (Phi) is 5.47. The quantitative estimate of drug-likeness (QED) is 0.345. The van der Waals surface area contributed by atoms with E-state index in [1.165, 1.54) is 0 Å². The molecule has 0 aliphatic rings. The van der Waals surface area contributed by atoms with Crippen LogP contribution >= 0.6 is 0 Å². The van der Waals surface area contributed by atoms with Crippen LogP contribution in [0.1, 0.15) is 23.0 Å². The molecule has 0 unspecified atom stereocenters. The van der Waals surface area contributed by atoms with Gasteiger partial charge in [-0.3, -0.25) is 14.7 Å². The first kappa shape index (κ1) is 21.3. The van der Waals surface area contributed by atoms with Crippen molar-refractivity contribution in [1.82, 2.24) is 20.4 Å². The van der Waals surface area contributed by atoms with Crippen LogP contribution < -0.4 is 10.9 Å². The number of hydrogen-bond donors (Lipinski definition) is 3. The smallest absolute Gasteiger partial charge is 0.276 e. The molecule has 5 rings (SSSR count). The number of aromatic nitrogens is 4. The average Bonchev–Trinajstić information content (AvgIpc) is 3.28. The number of amides is 1. The highest BCUT2D eigenvalue weighted by Gasteiger charge is 2.15. The van der Waals surface area contributed by atoms with Crippen LogP contribution in [0.15, 0.2) is 77.1 Å². The summed E-state index contributed by atoms with van der Waals surface area (Å²) in [6.07, 6.45) is 1.75.